The third-order valence-electron chi connectivity index (χ3n) is 6.86. The second-order valence-corrected chi connectivity index (χ2v) is 8.37. The molecule has 0 radical (unpaired) electrons. The second kappa shape index (κ2) is 6.82. The quantitative estimate of drug-likeness (QED) is 0.575. The van der Waals surface area contributed by atoms with Gasteiger partial charge in [-0.05, 0) is 42.3 Å². The summed E-state index contributed by atoms with van der Waals surface area (Å²) in [6.07, 6.45) is 0.116. The average Bonchev–Trinajstić information content (AvgIpc) is 3.16. The van der Waals surface area contributed by atoms with Crippen molar-refractivity contribution in [2.75, 3.05) is 18.6 Å². The largest absolute Gasteiger partial charge is 0.463 e. The highest BCUT2D eigenvalue weighted by Crippen LogP contribution is 2.59. The first kappa shape index (κ1) is 18.4. The minimum atomic E-state index is -0.241. The highest BCUT2D eigenvalue weighted by atomic mass is 16.5. The van der Waals surface area contributed by atoms with Crippen LogP contribution in [0.3, 0.4) is 0 Å². The van der Waals surface area contributed by atoms with Crippen LogP contribution in [-0.2, 0) is 9.53 Å². The molecule has 0 aromatic heterocycles. The lowest BCUT2D eigenvalue weighted by Crippen LogP contribution is -2.55. The predicted octanol–water partition coefficient (Wildman–Crippen LogP) is 4.94. The summed E-state index contributed by atoms with van der Waals surface area (Å²) in [6.45, 7) is 2.22. The zero-order chi connectivity index (χ0) is 21.1. The Morgan fingerprint density at radius 1 is 0.871 bits per heavy atom. The summed E-state index contributed by atoms with van der Waals surface area (Å²) >= 11 is 0. The Bertz CT molecular complexity index is 1220. The van der Waals surface area contributed by atoms with E-state index in [0.717, 1.165) is 16.8 Å². The van der Waals surface area contributed by atoms with E-state index >= 15 is 0 Å². The second-order valence-electron chi connectivity index (χ2n) is 8.37. The fourth-order valence-corrected chi connectivity index (χ4v) is 5.76. The van der Waals surface area contributed by atoms with Gasteiger partial charge in [0.2, 0.25) is 0 Å². The summed E-state index contributed by atoms with van der Waals surface area (Å²) in [7, 11) is 2.14. The van der Waals surface area contributed by atoms with E-state index in [1.54, 1.807) is 0 Å². The number of nitrogens with zero attached hydrogens (tertiary/aromatic N) is 2. The van der Waals surface area contributed by atoms with Crippen LogP contribution in [0.1, 0.15) is 41.1 Å². The fourth-order valence-electron chi connectivity index (χ4n) is 5.76. The van der Waals surface area contributed by atoms with E-state index < -0.39 is 0 Å². The van der Waals surface area contributed by atoms with Crippen molar-refractivity contribution in [1.29, 1.82) is 0 Å². The van der Waals surface area contributed by atoms with Crippen LogP contribution >= 0.6 is 0 Å². The molecule has 0 amide bonds. The average molecular weight is 409 g/mol. The van der Waals surface area contributed by atoms with E-state index in [1.165, 1.54) is 22.4 Å². The van der Waals surface area contributed by atoms with Crippen molar-refractivity contribution in [2.24, 2.45) is 0 Å². The molecule has 0 saturated carbocycles. The molecule has 31 heavy (non-hydrogen) atoms. The molecule has 0 N–H and O–H groups in total. The molecule has 4 nitrogen and oxygen atoms in total. The van der Waals surface area contributed by atoms with Gasteiger partial charge >= 0.3 is 5.97 Å². The molecular formula is C27H24N2O2. The number of esters is 1. The number of ether oxygens (including phenoxy) is 1. The Morgan fingerprint density at radius 2 is 1.52 bits per heavy atom. The number of para-hydroxylation sites is 1. The van der Waals surface area contributed by atoms with Crippen molar-refractivity contribution in [3.8, 4) is 0 Å². The Kier molecular flexibility index (Phi) is 4.05. The summed E-state index contributed by atoms with van der Waals surface area (Å²) in [6, 6.07) is 27.3. The number of carbonyl (C=O) groups is 1. The van der Waals surface area contributed by atoms with Crippen molar-refractivity contribution >= 4 is 17.4 Å². The standard InChI is InChI=1S/C27H24N2O2/c1-3-31-27(30)23-24(17-11-5-4-6-12-17)29-21-16-10-9-15-20(21)22-18-13-7-8-14-19(18)25(23)28(2)26(22)29/h4-16,22,25-26H,3H2,1-2H3/t22-,25+,26+/m0/s1. The molecule has 0 unspecified atom stereocenters. The van der Waals surface area contributed by atoms with Crippen LogP contribution in [-0.4, -0.2) is 30.7 Å². The molecule has 0 aliphatic carbocycles. The van der Waals surface area contributed by atoms with Gasteiger partial charge in [-0.3, -0.25) is 4.90 Å². The van der Waals surface area contributed by atoms with Crippen LogP contribution in [0, 0.1) is 0 Å². The van der Waals surface area contributed by atoms with Gasteiger partial charge in [0.05, 0.1) is 30.1 Å². The predicted molar refractivity (Wildman–Crippen MR) is 121 cm³/mol. The molecule has 154 valence electrons. The zero-order valence-electron chi connectivity index (χ0n) is 17.7. The van der Waals surface area contributed by atoms with Crippen LogP contribution < -0.4 is 4.90 Å². The summed E-state index contributed by atoms with van der Waals surface area (Å²) in [4.78, 5) is 18.2. The third-order valence-corrected chi connectivity index (χ3v) is 6.86. The summed E-state index contributed by atoms with van der Waals surface area (Å²) < 4.78 is 5.63. The van der Waals surface area contributed by atoms with Crippen molar-refractivity contribution < 1.29 is 9.53 Å². The van der Waals surface area contributed by atoms with E-state index in [9.17, 15) is 4.79 Å². The zero-order valence-corrected chi connectivity index (χ0v) is 17.7. The third kappa shape index (κ3) is 2.42. The van der Waals surface area contributed by atoms with Crippen molar-refractivity contribution in [1.82, 2.24) is 4.90 Å². The number of rotatable bonds is 3. The molecular weight excluding hydrogens is 384 g/mol. The number of carbonyl (C=O) groups excluding carboxylic acids is 1. The maximum absolute atomic E-state index is 13.5. The number of benzene rings is 3. The first-order chi connectivity index (χ1) is 15.2. The molecule has 3 aliphatic rings. The highest BCUT2D eigenvalue weighted by Gasteiger charge is 2.55. The van der Waals surface area contributed by atoms with Gasteiger partial charge in [-0.1, -0.05) is 72.8 Å². The van der Waals surface area contributed by atoms with Gasteiger partial charge in [-0.25, -0.2) is 4.79 Å². The Morgan fingerprint density at radius 3 is 2.26 bits per heavy atom. The summed E-state index contributed by atoms with van der Waals surface area (Å²) in [5.41, 5.74) is 7.71. The number of fused-ring (bicyclic) bond motifs is 7. The first-order valence-electron chi connectivity index (χ1n) is 10.9. The lowest BCUT2D eigenvalue weighted by Gasteiger charge is -2.51. The molecule has 3 aromatic carbocycles. The van der Waals surface area contributed by atoms with Gasteiger partial charge < -0.3 is 9.64 Å². The highest BCUT2D eigenvalue weighted by molar-refractivity contribution is 6.04. The molecule has 3 aromatic rings. The van der Waals surface area contributed by atoms with E-state index in [2.05, 4.69) is 77.5 Å². The van der Waals surface area contributed by atoms with Gasteiger partial charge in [0, 0.05) is 11.6 Å². The Labute approximate surface area is 182 Å². The smallest absolute Gasteiger partial charge is 0.338 e. The minimum Gasteiger partial charge on any atom is -0.463 e. The maximum Gasteiger partial charge on any atom is 0.338 e. The van der Waals surface area contributed by atoms with Gasteiger partial charge in [0.15, 0.2) is 0 Å². The molecule has 3 atom stereocenters. The van der Waals surface area contributed by atoms with Crippen LogP contribution in [0.25, 0.3) is 5.70 Å². The summed E-state index contributed by atoms with van der Waals surface area (Å²) in [5, 5.41) is 0. The van der Waals surface area contributed by atoms with E-state index in [0.29, 0.717) is 6.61 Å². The minimum absolute atomic E-state index is 0.116. The molecule has 4 heteroatoms. The van der Waals surface area contributed by atoms with E-state index in [-0.39, 0.29) is 24.1 Å². The monoisotopic (exact) mass is 408 g/mol. The number of hydrogen-bond acceptors (Lipinski definition) is 4. The maximum atomic E-state index is 13.5. The normalized spacial score (nSPS) is 23.4. The van der Waals surface area contributed by atoms with Crippen molar-refractivity contribution in [3.05, 3.63) is 107 Å². The lowest BCUT2D eigenvalue weighted by molar-refractivity contribution is -0.139. The number of likely N-dealkylation sites (N-methyl/N-ethyl adjacent to an activating group) is 1. The van der Waals surface area contributed by atoms with Gasteiger partial charge in [0.25, 0.3) is 0 Å². The SMILES string of the molecule is CCOC(=O)C1=C(c2ccccc2)N2c3ccccc3[C@@H]3c4ccccc4[C@H]1N(C)[C@@H]32. The fraction of sp³-hybridized carbons (Fsp3) is 0.222. The van der Waals surface area contributed by atoms with Crippen LogP contribution in [0.2, 0.25) is 0 Å². The van der Waals surface area contributed by atoms with Crippen LogP contribution in [0.15, 0.2) is 84.4 Å². The lowest BCUT2D eigenvalue weighted by atomic mass is 9.76. The topological polar surface area (TPSA) is 32.8 Å². The van der Waals surface area contributed by atoms with Gasteiger partial charge in [0.1, 0.15) is 0 Å². The first-order valence-corrected chi connectivity index (χ1v) is 10.9. The Hall–Kier alpha value is -3.37. The van der Waals surface area contributed by atoms with Crippen LogP contribution in [0.5, 0.6) is 0 Å². The molecule has 3 heterocycles. The number of anilines is 1. The van der Waals surface area contributed by atoms with Crippen molar-refractivity contribution in [3.63, 3.8) is 0 Å². The van der Waals surface area contributed by atoms with Gasteiger partial charge in [-0.15, -0.1) is 0 Å². The van der Waals surface area contributed by atoms with Crippen molar-refractivity contribution in [2.45, 2.75) is 25.0 Å². The van der Waals surface area contributed by atoms with Crippen LogP contribution in [0.4, 0.5) is 5.69 Å². The molecule has 3 aliphatic heterocycles. The van der Waals surface area contributed by atoms with Gasteiger partial charge in [-0.2, -0.15) is 0 Å². The molecule has 2 bridgehead atoms. The molecule has 6 rings (SSSR count). The molecule has 0 saturated heterocycles. The molecule has 0 spiro atoms. The molecule has 0 fully saturated rings. The Balaban J connectivity index is 1.75. The van der Waals surface area contributed by atoms with E-state index in [4.69, 9.17) is 4.74 Å². The summed E-state index contributed by atoms with van der Waals surface area (Å²) in [5.74, 6) is -0.00889. The number of hydrogen-bond donors (Lipinski definition) is 0. The van der Waals surface area contributed by atoms with E-state index in [1.807, 2.05) is 25.1 Å².